The molecule has 8 aromatic carbocycles. The van der Waals surface area contributed by atoms with Crippen molar-refractivity contribution in [2.45, 2.75) is 0 Å². The van der Waals surface area contributed by atoms with Crippen molar-refractivity contribution in [2.75, 3.05) is 0 Å². The van der Waals surface area contributed by atoms with Gasteiger partial charge in [0.05, 0.1) is 32.6 Å². The van der Waals surface area contributed by atoms with Crippen LogP contribution >= 0.6 is 11.3 Å². The summed E-state index contributed by atoms with van der Waals surface area (Å²) in [4.78, 5) is 10.7. The van der Waals surface area contributed by atoms with E-state index >= 15 is 0 Å². The Morgan fingerprint density at radius 1 is 0.491 bits per heavy atom. The Bertz CT molecular complexity index is 3370. The first-order chi connectivity index (χ1) is 26.3. The predicted octanol–water partition coefficient (Wildman–Crippen LogP) is 13.5. The number of hydrogen-bond donors (Lipinski definition) is 0. The van der Waals surface area contributed by atoms with E-state index in [1.165, 1.54) is 37.0 Å². The predicted molar refractivity (Wildman–Crippen MR) is 222 cm³/mol. The first-order valence-electron chi connectivity index (χ1n) is 17.8. The van der Waals surface area contributed by atoms with Crippen LogP contribution in [0.25, 0.3) is 114 Å². The van der Waals surface area contributed by atoms with Gasteiger partial charge in [-0.1, -0.05) is 133 Å². The molecular formula is C48H27N3OS. The molecule has 4 aromatic heterocycles. The van der Waals surface area contributed by atoms with Gasteiger partial charge in [-0.25, -0.2) is 9.97 Å². The van der Waals surface area contributed by atoms with Gasteiger partial charge in [-0.2, -0.15) is 0 Å². The lowest BCUT2D eigenvalue weighted by Gasteiger charge is -2.10. The smallest absolute Gasteiger partial charge is 0.161 e. The van der Waals surface area contributed by atoms with Crippen molar-refractivity contribution in [1.29, 1.82) is 0 Å². The fourth-order valence-corrected chi connectivity index (χ4v) is 9.66. The van der Waals surface area contributed by atoms with E-state index in [-0.39, 0.29) is 0 Å². The Morgan fingerprint density at radius 2 is 1.13 bits per heavy atom. The molecule has 0 aliphatic carbocycles. The Kier molecular flexibility index (Phi) is 5.90. The highest BCUT2D eigenvalue weighted by atomic mass is 32.1. The average molecular weight is 694 g/mol. The SMILES string of the molecule is c1ccc(-c2nc(-c3cccc4oc5c(-n6c7ccc8ccccc8c7c7c8ccccc8ccc76)cccc5c34)nc3c2sc2ccccc23)cc1. The third kappa shape index (κ3) is 4.05. The fraction of sp³-hybridized carbons (Fsp3) is 0. The maximum Gasteiger partial charge on any atom is 0.161 e. The number of furan rings is 1. The average Bonchev–Trinajstić information content (AvgIpc) is 3.91. The van der Waals surface area contributed by atoms with E-state index < -0.39 is 0 Å². The molecule has 0 fully saturated rings. The van der Waals surface area contributed by atoms with Crippen LogP contribution in [0.3, 0.4) is 0 Å². The van der Waals surface area contributed by atoms with Crippen LogP contribution in [0, 0.1) is 0 Å². The molecule has 0 unspecified atom stereocenters. The van der Waals surface area contributed by atoms with Crippen molar-refractivity contribution in [3.05, 3.63) is 164 Å². The normalized spacial score (nSPS) is 12.2. The van der Waals surface area contributed by atoms with Gasteiger partial charge in [0.1, 0.15) is 5.58 Å². The molecule has 0 aliphatic rings. The summed E-state index contributed by atoms with van der Waals surface area (Å²) in [5, 5.41) is 10.6. The number of aromatic nitrogens is 3. The lowest BCUT2D eigenvalue weighted by atomic mass is 10.00. The third-order valence-electron chi connectivity index (χ3n) is 10.8. The Balaban J connectivity index is 1.17. The van der Waals surface area contributed by atoms with Crippen LogP contribution in [0.15, 0.2) is 168 Å². The zero-order valence-electron chi connectivity index (χ0n) is 28.2. The van der Waals surface area contributed by atoms with Crippen LogP contribution in [-0.2, 0) is 0 Å². The molecule has 246 valence electrons. The number of para-hydroxylation sites is 1. The van der Waals surface area contributed by atoms with Crippen LogP contribution in [0.2, 0.25) is 0 Å². The van der Waals surface area contributed by atoms with Gasteiger partial charge in [0.2, 0.25) is 0 Å². The summed E-state index contributed by atoms with van der Waals surface area (Å²) >= 11 is 1.75. The van der Waals surface area contributed by atoms with Crippen LogP contribution < -0.4 is 0 Å². The third-order valence-corrected chi connectivity index (χ3v) is 12.0. The minimum atomic E-state index is 0.688. The highest BCUT2D eigenvalue weighted by Gasteiger charge is 2.23. The van der Waals surface area contributed by atoms with Gasteiger partial charge in [-0.3, -0.25) is 0 Å². The van der Waals surface area contributed by atoms with Gasteiger partial charge in [0, 0.05) is 42.8 Å². The standard InChI is InChI=1S/C48H27N3OS/c1-2-14-30(15-3-1)44-47-45(33-18-8-9-23-40(33)53-47)50-48(49-44)35-20-11-22-39-41(35)34-19-10-21-38(46(34)52-39)51-36-26-24-28-12-4-6-16-31(28)42(36)43-32-17-7-5-13-29(32)25-27-37(43)51/h1-27H. The number of fused-ring (bicyclic) bond motifs is 13. The second-order valence-electron chi connectivity index (χ2n) is 13.7. The van der Waals surface area contributed by atoms with Gasteiger partial charge < -0.3 is 8.98 Å². The summed E-state index contributed by atoms with van der Waals surface area (Å²) in [5.74, 6) is 0.688. The van der Waals surface area contributed by atoms with Gasteiger partial charge in [-0.15, -0.1) is 11.3 Å². The summed E-state index contributed by atoms with van der Waals surface area (Å²) in [6.07, 6.45) is 0. The molecule has 0 aliphatic heterocycles. The van der Waals surface area contributed by atoms with Crippen LogP contribution in [0.4, 0.5) is 0 Å². The quantitative estimate of drug-likeness (QED) is 0.185. The van der Waals surface area contributed by atoms with Crippen molar-refractivity contribution in [3.63, 3.8) is 0 Å². The van der Waals surface area contributed by atoms with Crippen molar-refractivity contribution >= 4 is 96.9 Å². The first kappa shape index (κ1) is 28.8. The molecule has 12 aromatic rings. The highest BCUT2D eigenvalue weighted by Crippen LogP contribution is 2.45. The van der Waals surface area contributed by atoms with E-state index in [0.29, 0.717) is 5.82 Å². The van der Waals surface area contributed by atoms with Gasteiger partial charge in [0.15, 0.2) is 11.4 Å². The molecule has 0 saturated carbocycles. The van der Waals surface area contributed by atoms with Gasteiger partial charge in [-0.05, 0) is 51.9 Å². The summed E-state index contributed by atoms with van der Waals surface area (Å²) in [7, 11) is 0. The van der Waals surface area contributed by atoms with E-state index in [4.69, 9.17) is 14.4 Å². The largest absolute Gasteiger partial charge is 0.454 e. The lowest BCUT2D eigenvalue weighted by molar-refractivity contribution is 0.666. The van der Waals surface area contributed by atoms with E-state index in [2.05, 4.69) is 162 Å². The minimum absolute atomic E-state index is 0.688. The topological polar surface area (TPSA) is 43.9 Å². The molecule has 53 heavy (non-hydrogen) atoms. The monoisotopic (exact) mass is 693 g/mol. The number of nitrogens with zero attached hydrogens (tertiary/aromatic N) is 3. The van der Waals surface area contributed by atoms with E-state index in [9.17, 15) is 0 Å². The van der Waals surface area contributed by atoms with Crippen LogP contribution in [0.1, 0.15) is 0 Å². The van der Waals surface area contributed by atoms with E-state index in [1.807, 2.05) is 6.07 Å². The van der Waals surface area contributed by atoms with E-state index in [1.54, 1.807) is 11.3 Å². The molecule has 12 rings (SSSR count). The summed E-state index contributed by atoms with van der Waals surface area (Å²) in [6.45, 7) is 0. The van der Waals surface area contributed by atoms with Gasteiger partial charge >= 0.3 is 0 Å². The number of rotatable bonds is 3. The first-order valence-corrected chi connectivity index (χ1v) is 18.7. The maximum absolute atomic E-state index is 6.93. The Labute approximate surface area is 306 Å². The van der Waals surface area contributed by atoms with Gasteiger partial charge in [0.25, 0.3) is 0 Å². The fourth-order valence-electron chi connectivity index (χ4n) is 8.51. The Morgan fingerprint density at radius 3 is 1.89 bits per heavy atom. The second-order valence-corrected chi connectivity index (χ2v) is 14.7. The van der Waals surface area contributed by atoms with Crippen LogP contribution in [-0.4, -0.2) is 14.5 Å². The zero-order valence-corrected chi connectivity index (χ0v) is 29.1. The summed E-state index contributed by atoms with van der Waals surface area (Å²) in [5.41, 5.74) is 8.88. The zero-order chi connectivity index (χ0) is 34.6. The number of thiophene rings is 1. The van der Waals surface area contributed by atoms with Crippen molar-refractivity contribution in [2.24, 2.45) is 0 Å². The molecule has 4 nitrogen and oxygen atoms in total. The summed E-state index contributed by atoms with van der Waals surface area (Å²) < 4.78 is 11.6. The highest BCUT2D eigenvalue weighted by molar-refractivity contribution is 7.26. The second kappa shape index (κ2) is 10.8. The molecular weight excluding hydrogens is 667 g/mol. The molecule has 0 saturated heterocycles. The van der Waals surface area contributed by atoms with Crippen molar-refractivity contribution in [3.8, 4) is 28.3 Å². The minimum Gasteiger partial charge on any atom is -0.454 e. The molecule has 0 atom stereocenters. The van der Waals surface area contributed by atoms with Crippen molar-refractivity contribution in [1.82, 2.24) is 14.5 Å². The number of hydrogen-bond acceptors (Lipinski definition) is 4. The molecule has 0 spiro atoms. The lowest BCUT2D eigenvalue weighted by Crippen LogP contribution is -1.95. The molecule has 0 amide bonds. The summed E-state index contributed by atoms with van der Waals surface area (Å²) in [6, 6.07) is 58.1. The van der Waals surface area contributed by atoms with E-state index in [0.717, 1.165) is 71.1 Å². The maximum atomic E-state index is 6.93. The molecule has 5 heteroatoms. The van der Waals surface area contributed by atoms with Crippen molar-refractivity contribution < 1.29 is 4.42 Å². The molecule has 0 N–H and O–H groups in total. The molecule has 0 bridgehead atoms. The molecule has 0 radical (unpaired) electrons. The molecule has 4 heterocycles. The number of benzene rings is 8. The Hall–Kier alpha value is -6.82. The van der Waals surface area contributed by atoms with Crippen LogP contribution in [0.5, 0.6) is 0 Å².